The summed E-state index contributed by atoms with van der Waals surface area (Å²) in [5.41, 5.74) is 1.47. The number of phenolic OH excluding ortho intramolecular Hbond substituents is 1. The molecule has 0 aromatic heterocycles. The van der Waals surface area contributed by atoms with Gasteiger partial charge in [-0.3, -0.25) is 9.35 Å². The number of benzene rings is 2. The molecule has 2 atom stereocenters. The highest BCUT2D eigenvalue weighted by molar-refractivity contribution is 7.85. The molecular formula is C21H26N2O7S. The summed E-state index contributed by atoms with van der Waals surface area (Å²) in [6.07, 6.45) is 0.388. The molecule has 1 amide bonds. The van der Waals surface area contributed by atoms with Crippen LogP contribution >= 0.6 is 0 Å². The second kappa shape index (κ2) is 11.4. The van der Waals surface area contributed by atoms with E-state index in [2.05, 4.69) is 10.6 Å². The lowest BCUT2D eigenvalue weighted by Crippen LogP contribution is -2.52. The van der Waals surface area contributed by atoms with Gasteiger partial charge >= 0.3 is 5.97 Å². The molecule has 2 rings (SSSR count). The second-order valence-electron chi connectivity index (χ2n) is 7.11. The number of carbonyl (C=O) groups excluding carboxylic acids is 1. The molecule has 168 valence electrons. The first-order valence-electron chi connectivity index (χ1n) is 9.67. The Morgan fingerprint density at radius 3 is 2.06 bits per heavy atom. The summed E-state index contributed by atoms with van der Waals surface area (Å²) in [5, 5.41) is 24.4. The van der Waals surface area contributed by atoms with E-state index in [0.717, 1.165) is 5.56 Å². The average Bonchev–Trinajstić information content (AvgIpc) is 2.71. The van der Waals surface area contributed by atoms with Crippen LogP contribution < -0.4 is 10.6 Å². The van der Waals surface area contributed by atoms with Gasteiger partial charge in [-0.25, -0.2) is 4.79 Å². The molecule has 0 aliphatic heterocycles. The van der Waals surface area contributed by atoms with Gasteiger partial charge in [0.1, 0.15) is 11.8 Å². The van der Waals surface area contributed by atoms with E-state index in [-0.39, 0.29) is 31.6 Å². The van der Waals surface area contributed by atoms with Crippen LogP contribution in [0.1, 0.15) is 17.5 Å². The van der Waals surface area contributed by atoms with Gasteiger partial charge in [-0.2, -0.15) is 8.42 Å². The number of aromatic hydroxyl groups is 1. The van der Waals surface area contributed by atoms with Crippen molar-refractivity contribution in [3.05, 3.63) is 65.7 Å². The van der Waals surface area contributed by atoms with Crippen molar-refractivity contribution in [2.75, 3.05) is 12.3 Å². The Morgan fingerprint density at radius 2 is 1.48 bits per heavy atom. The van der Waals surface area contributed by atoms with E-state index in [4.69, 9.17) is 4.55 Å². The Morgan fingerprint density at radius 1 is 0.903 bits per heavy atom. The van der Waals surface area contributed by atoms with E-state index in [1.165, 1.54) is 12.1 Å². The normalized spacial score (nSPS) is 13.3. The number of nitrogens with one attached hydrogen (secondary N) is 2. The molecule has 2 aromatic carbocycles. The number of carboxylic acids is 1. The zero-order chi connectivity index (χ0) is 22.9. The first-order valence-corrected chi connectivity index (χ1v) is 11.3. The van der Waals surface area contributed by atoms with E-state index in [1.54, 1.807) is 12.1 Å². The largest absolute Gasteiger partial charge is 0.508 e. The topological polar surface area (TPSA) is 153 Å². The van der Waals surface area contributed by atoms with Crippen molar-refractivity contribution >= 4 is 22.0 Å². The molecule has 31 heavy (non-hydrogen) atoms. The van der Waals surface area contributed by atoms with E-state index < -0.39 is 39.8 Å². The van der Waals surface area contributed by atoms with Crippen LogP contribution in [0.3, 0.4) is 0 Å². The third-order valence-corrected chi connectivity index (χ3v) is 5.36. The molecule has 9 nitrogen and oxygen atoms in total. The lowest BCUT2D eigenvalue weighted by molar-refractivity contribution is -0.142. The number of carboxylic acid groups (broad SMARTS) is 1. The van der Waals surface area contributed by atoms with Gasteiger partial charge < -0.3 is 20.8 Å². The predicted molar refractivity (Wildman–Crippen MR) is 114 cm³/mol. The molecule has 0 bridgehead atoms. The molecule has 0 spiro atoms. The zero-order valence-electron chi connectivity index (χ0n) is 16.8. The molecular weight excluding hydrogens is 424 g/mol. The molecule has 5 N–H and O–H groups in total. The van der Waals surface area contributed by atoms with E-state index in [1.807, 2.05) is 30.3 Å². The quantitative estimate of drug-likeness (QED) is 0.237. The molecule has 0 radical (unpaired) electrons. The van der Waals surface area contributed by atoms with Crippen molar-refractivity contribution in [1.29, 1.82) is 0 Å². The highest BCUT2D eigenvalue weighted by Gasteiger charge is 2.25. The number of phenols is 1. The summed E-state index contributed by atoms with van der Waals surface area (Å²) in [6, 6.07) is 13.1. The van der Waals surface area contributed by atoms with Crippen molar-refractivity contribution in [1.82, 2.24) is 10.6 Å². The van der Waals surface area contributed by atoms with E-state index in [9.17, 15) is 28.2 Å². The van der Waals surface area contributed by atoms with Crippen molar-refractivity contribution in [2.45, 2.75) is 31.3 Å². The summed E-state index contributed by atoms with van der Waals surface area (Å²) in [4.78, 5) is 24.5. The standard InChI is InChI=1S/C21H26N2O7S/c24-17-9-7-16(8-10-17)14-19(21(26)27)23-20(25)18(13-15-5-2-1-3-6-15)22-11-4-12-31(28,29)30/h1-3,5-10,18-19,22,24H,4,11-14H2,(H,23,25)(H,26,27)(H,28,29,30)/t18-,19-/m1/s1. The molecule has 0 heterocycles. The van der Waals surface area contributed by atoms with Crippen LogP contribution in [0.25, 0.3) is 0 Å². The fraction of sp³-hybridized carbons (Fsp3) is 0.333. The predicted octanol–water partition coefficient (Wildman–Crippen LogP) is 0.983. The molecule has 0 aliphatic rings. The van der Waals surface area contributed by atoms with Crippen LogP contribution in [0, 0.1) is 0 Å². The van der Waals surface area contributed by atoms with E-state index >= 15 is 0 Å². The first kappa shape index (κ1) is 24.3. The number of hydrogen-bond donors (Lipinski definition) is 5. The van der Waals surface area contributed by atoms with Crippen LogP contribution in [-0.4, -0.2) is 59.4 Å². The Bertz CT molecular complexity index is 963. The van der Waals surface area contributed by atoms with Gasteiger partial charge in [0, 0.05) is 6.42 Å². The maximum atomic E-state index is 12.9. The zero-order valence-corrected chi connectivity index (χ0v) is 17.6. The van der Waals surface area contributed by atoms with Gasteiger partial charge in [0.25, 0.3) is 10.1 Å². The summed E-state index contributed by atoms with van der Waals surface area (Å²) < 4.78 is 30.6. The minimum absolute atomic E-state index is 0.0299. The van der Waals surface area contributed by atoms with Crippen LogP contribution in [0.15, 0.2) is 54.6 Å². The monoisotopic (exact) mass is 450 g/mol. The van der Waals surface area contributed by atoms with Crippen LogP contribution in [0.4, 0.5) is 0 Å². The van der Waals surface area contributed by atoms with Crippen molar-refractivity contribution in [2.24, 2.45) is 0 Å². The highest BCUT2D eigenvalue weighted by Crippen LogP contribution is 2.12. The minimum Gasteiger partial charge on any atom is -0.508 e. The molecule has 0 unspecified atom stereocenters. The van der Waals surface area contributed by atoms with Crippen molar-refractivity contribution in [3.8, 4) is 5.75 Å². The fourth-order valence-corrected chi connectivity index (χ4v) is 3.49. The maximum absolute atomic E-state index is 12.9. The summed E-state index contributed by atoms with van der Waals surface area (Å²) in [6.45, 7) is 0.139. The number of hydrogen-bond acceptors (Lipinski definition) is 6. The first-order chi connectivity index (χ1) is 14.6. The number of amides is 1. The molecule has 0 aliphatic carbocycles. The Hall–Kier alpha value is -2.95. The molecule has 0 saturated heterocycles. The van der Waals surface area contributed by atoms with Gasteiger partial charge in [0.15, 0.2) is 0 Å². The number of rotatable bonds is 12. The summed E-state index contributed by atoms with van der Waals surface area (Å²) in [5.74, 6) is -2.14. The van der Waals surface area contributed by atoms with Crippen LogP contribution in [-0.2, 0) is 32.5 Å². The van der Waals surface area contributed by atoms with Gasteiger partial charge in [0.05, 0.1) is 11.8 Å². The summed E-state index contributed by atoms with van der Waals surface area (Å²) >= 11 is 0. The fourth-order valence-electron chi connectivity index (χ4n) is 2.98. The molecule has 0 saturated carbocycles. The molecule has 2 aromatic rings. The molecule has 0 fully saturated rings. The number of carbonyl (C=O) groups is 2. The van der Waals surface area contributed by atoms with Crippen LogP contribution in [0.5, 0.6) is 5.75 Å². The smallest absolute Gasteiger partial charge is 0.326 e. The van der Waals surface area contributed by atoms with Crippen molar-refractivity contribution in [3.63, 3.8) is 0 Å². The van der Waals surface area contributed by atoms with Gasteiger partial charge in [-0.1, -0.05) is 42.5 Å². The second-order valence-corrected chi connectivity index (χ2v) is 8.68. The Balaban J connectivity index is 2.07. The molecule has 10 heteroatoms. The van der Waals surface area contributed by atoms with Gasteiger partial charge in [0.2, 0.25) is 5.91 Å². The highest BCUT2D eigenvalue weighted by atomic mass is 32.2. The summed E-state index contributed by atoms with van der Waals surface area (Å²) in [7, 11) is -4.11. The third-order valence-electron chi connectivity index (χ3n) is 4.56. The lowest BCUT2D eigenvalue weighted by Gasteiger charge is -2.22. The third kappa shape index (κ3) is 9.16. The van der Waals surface area contributed by atoms with Crippen LogP contribution in [0.2, 0.25) is 0 Å². The van der Waals surface area contributed by atoms with Crippen molar-refractivity contribution < 1.29 is 32.8 Å². The Kier molecular flexibility index (Phi) is 8.98. The maximum Gasteiger partial charge on any atom is 0.326 e. The SMILES string of the molecule is O=C(O)[C@@H](Cc1ccc(O)cc1)NC(=O)[C@@H](Cc1ccccc1)NCCCS(=O)(=O)O. The Labute approximate surface area is 180 Å². The van der Waals surface area contributed by atoms with Gasteiger partial charge in [-0.15, -0.1) is 0 Å². The minimum atomic E-state index is -4.11. The average molecular weight is 451 g/mol. The van der Waals surface area contributed by atoms with E-state index in [0.29, 0.717) is 5.56 Å². The van der Waals surface area contributed by atoms with Gasteiger partial charge in [-0.05, 0) is 42.6 Å². The number of aliphatic carboxylic acids is 1. The lowest BCUT2D eigenvalue weighted by atomic mass is 10.0.